The molecule has 0 unspecified atom stereocenters. The Morgan fingerprint density at radius 3 is 2.84 bits per heavy atom. The molecular weight excluding hydrogens is 236 g/mol. The van der Waals surface area contributed by atoms with Crippen molar-refractivity contribution in [1.29, 1.82) is 5.26 Å². The Hall–Kier alpha value is -2.05. The third-order valence-electron chi connectivity index (χ3n) is 3.59. The van der Waals surface area contributed by atoms with Crippen molar-refractivity contribution in [3.63, 3.8) is 0 Å². The lowest BCUT2D eigenvalue weighted by atomic mass is 10.1. The van der Waals surface area contributed by atoms with E-state index >= 15 is 0 Å². The molecule has 1 atom stereocenters. The van der Waals surface area contributed by atoms with Crippen LogP contribution in [0.25, 0.3) is 10.8 Å². The number of nitrogens with one attached hydrogen (secondary N) is 1. The quantitative estimate of drug-likeness (QED) is 0.913. The monoisotopic (exact) mass is 252 g/mol. The lowest BCUT2D eigenvalue weighted by Gasteiger charge is -2.11. The molecule has 1 aliphatic heterocycles. The normalized spacial score (nSPS) is 18.4. The zero-order chi connectivity index (χ0) is 13.1. The number of ether oxygens (including phenoxy) is 1. The molecule has 1 N–H and O–H groups in total. The minimum Gasteiger partial charge on any atom is -0.493 e. The van der Waals surface area contributed by atoms with Crippen molar-refractivity contribution < 1.29 is 4.74 Å². The Kier molecular flexibility index (Phi) is 3.35. The third-order valence-corrected chi connectivity index (χ3v) is 3.59. The van der Waals surface area contributed by atoms with E-state index < -0.39 is 0 Å². The minimum absolute atomic E-state index is 0.622. The van der Waals surface area contributed by atoms with Crippen LogP contribution in [-0.4, -0.2) is 19.7 Å². The van der Waals surface area contributed by atoms with Gasteiger partial charge in [-0.1, -0.05) is 12.1 Å². The first kappa shape index (κ1) is 12.0. The summed E-state index contributed by atoms with van der Waals surface area (Å²) in [5, 5.41) is 14.4. The second-order valence-electron chi connectivity index (χ2n) is 5.01. The highest BCUT2D eigenvalue weighted by Gasteiger charge is 2.14. The van der Waals surface area contributed by atoms with E-state index in [1.165, 1.54) is 6.42 Å². The van der Waals surface area contributed by atoms with E-state index in [0.717, 1.165) is 36.2 Å². The number of fused-ring (bicyclic) bond motifs is 1. The fraction of sp³-hybridized carbons (Fsp3) is 0.312. The summed E-state index contributed by atoms with van der Waals surface area (Å²) in [5.41, 5.74) is 0.693. The number of nitrogens with zero attached hydrogens (tertiary/aromatic N) is 1. The Labute approximate surface area is 112 Å². The molecule has 2 aromatic rings. The van der Waals surface area contributed by atoms with Gasteiger partial charge in [0.2, 0.25) is 0 Å². The molecule has 3 rings (SSSR count). The van der Waals surface area contributed by atoms with E-state index in [0.29, 0.717) is 11.5 Å². The van der Waals surface area contributed by atoms with Gasteiger partial charge < -0.3 is 10.1 Å². The van der Waals surface area contributed by atoms with Gasteiger partial charge in [0.15, 0.2) is 0 Å². The second kappa shape index (κ2) is 5.29. The molecule has 0 saturated carbocycles. The van der Waals surface area contributed by atoms with E-state index in [-0.39, 0.29) is 0 Å². The molecule has 3 heteroatoms. The van der Waals surface area contributed by atoms with Gasteiger partial charge >= 0.3 is 0 Å². The van der Waals surface area contributed by atoms with Crippen LogP contribution >= 0.6 is 0 Å². The van der Waals surface area contributed by atoms with Gasteiger partial charge in [0.05, 0.1) is 18.2 Å². The van der Waals surface area contributed by atoms with Crippen LogP contribution in [0.2, 0.25) is 0 Å². The lowest BCUT2D eigenvalue weighted by Crippen LogP contribution is -2.15. The van der Waals surface area contributed by atoms with Crippen molar-refractivity contribution in [3.05, 3.63) is 42.0 Å². The van der Waals surface area contributed by atoms with Crippen LogP contribution < -0.4 is 10.1 Å². The van der Waals surface area contributed by atoms with Crippen LogP contribution in [0.4, 0.5) is 0 Å². The van der Waals surface area contributed by atoms with Crippen molar-refractivity contribution in [3.8, 4) is 11.8 Å². The van der Waals surface area contributed by atoms with E-state index in [9.17, 15) is 0 Å². The van der Waals surface area contributed by atoms with Crippen LogP contribution in [-0.2, 0) is 0 Å². The summed E-state index contributed by atoms with van der Waals surface area (Å²) in [6.07, 6.45) is 1.19. The van der Waals surface area contributed by atoms with Gasteiger partial charge in [-0.15, -0.1) is 0 Å². The first-order valence-corrected chi connectivity index (χ1v) is 6.62. The highest BCUT2D eigenvalue weighted by Crippen LogP contribution is 2.22. The van der Waals surface area contributed by atoms with E-state index in [1.54, 1.807) is 0 Å². The van der Waals surface area contributed by atoms with Crippen LogP contribution in [0, 0.1) is 17.2 Å². The fourth-order valence-corrected chi connectivity index (χ4v) is 2.45. The number of hydrogen-bond acceptors (Lipinski definition) is 3. The van der Waals surface area contributed by atoms with Gasteiger partial charge in [-0.2, -0.15) is 5.26 Å². The van der Waals surface area contributed by atoms with Crippen molar-refractivity contribution in [2.24, 2.45) is 5.92 Å². The summed E-state index contributed by atoms with van der Waals surface area (Å²) in [6, 6.07) is 13.9. The second-order valence-corrected chi connectivity index (χ2v) is 5.01. The van der Waals surface area contributed by atoms with Gasteiger partial charge in [0.1, 0.15) is 5.75 Å². The van der Waals surface area contributed by atoms with Crippen molar-refractivity contribution in [1.82, 2.24) is 5.32 Å². The van der Waals surface area contributed by atoms with Crippen molar-refractivity contribution in [2.45, 2.75) is 6.42 Å². The molecule has 1 fully saturated rings. The maximum atomic E-state index is 8.88. The highest BCUT2D eigenvalue weighted by molar-refractivity contribution is 5.85. The van der Waals surface area contributed by atoms with Gasteiger partial charge in [-0.3, -0.25) is 0 Å². The van der Waals surface area contributed by atoms with Crippen LogP contribution in [0.3, 0.4) is 0 Å². The molecule has 1 saturated heterocycles. The minimum atomic E-state index is 0.622. The predicted molar refractivity (Wildman–Crippen MR) is 75.1 cm³/mol. The smallest absolute Gasteiger partial charge is 0.119 e. The van der Waals surface area contributed by atoms with E-state index in [4.69, 9.17) is 10.00 Å². The van der Waals surface area contributed by atoms with Gasteiger partial charge in [0.25, 0.3) is 0 Å². The molecule has 2 aromatic carbocycles. The molecule has 0 aliphatic carbocycles. The topological polar surface area (TPSA) is 45.0 Å². The zero-order valence-electron chi connectivity index (χ0n) is 10.7. The van der Waals surface area contributed by atoms with Crippen molar-refractivity contribution >= 4 is 10.8 Å². The van der Waals surface area contributed by atoms with Crippen molar-refractivity contribution in [2.75, 3.05) is 19.7 Å². The summed E-state index contributed by atoms with van der Waals surface area (Å²) in [6.45, 7) is 2.93. The number of hydrogen-bond donors (Lipinski definition) is 1. The predicted octanol–water partition coefficient (Wildman–Crippen LogP) is 2.70. The Balaban J connectivity index is 1.76. The number of rotatable bonds is 3. The Morgan fingerprint density at radius 1 is 1.21 bits per heavy atom. The SMILES string of the molecule is N#Cc1ccc2cc(OC[C@@H]3CCNC3)ccc2c1. The molecule has 3 nitrogen and oxygen atoms in total. The molecule has 0 aromatic heterocycles. The van der Waals surface area contributed by atoms with Gasteiger partial charge in [-0.05, 0) is 48.0 Å². The standard InChI is InChI=1S/C16H16N2O/c17-9-12-1-2-15-8-16(4-3-14(15)7-12)19-11-13-5-6-18-10-13/h1-4,7-8,13,18H,5-6,10-11H2/t13-/m1/s1. The van der Waals surface area contributed by atoms with Crippen LogP contribution in [0.5, 0.6) is 5.75 Å². The van der Waals surface area contributed by atoms with E-state index in [2.05, 4.69) is 11.4 Å². The lowest BCUT2D eigenvalue weighted by molar-refractivity contribution is 0.260. The Bertz CT molecular complexity index is 624. The average molecular weight is 252 g/mol. The van der Waals surface area contributed by atoms with Gasteiger partial charge in [-0.25, -0.2) is 0 Å². The third kappa shape index (κ3) is 2.69. The molecule has 1 aliphatic rings. The molecule has 0 spiro atoms. The first-order valence-electron chi connectivity index (χ1n) is 6.62. The molecule has 1 heterocycles. The highest BCUT2D eigenvalue weighted by atomic mass is 16.5. The summed E-state index contributed by atoms with van der Waals surface area (Å²) >= 11 is 0. The molecule has 0 amide bonds. The molecule has 19 heavy (non-hydrogen) atoms. The molecule has 0 bridgehead atoms. The van der Waals surface area contributed by atoms with Gasteiger partial charge in [0, 0.05) is 12.5 Å². The zero-order valence-corrected chi connectivity index (χ0v) is 10.7. The maximum absolute atomic E-state index is 8.88. The first-order chi connectivity index (χ1) is 9.35. The summed E-state index contributed by atoms with van der Waals surface area (Å²) in [7, 11) is 0. The summed E-state index contributed by atoms with van der Waals surface area (Å²) in [4.78, 5) is 0. The van der Waals surface area contributed by atoms with E-state index in [1.807, 2.05) is 36.4 Å². The molecule has 96 valence electrons. The fourth-order valence-electron chi connectivity index (χ4n) is 2.45. The summed E-state index contributed by atoms with van der Waals surface area (Å²) in [5.74, 6) is 1.53. The summed E-state index contributed by atoms with van der Waals surface area (Å²) < 4.78 is 5.85. The van der Waals surface area contributed by atoms with Crippen LogP contribution in [0.15, 0.2) is 36.4 Å². The molecular formula is C16H16N2O. The maximum Gasteiger partial charge on any atom is 0.119 e. The number of nitriles is 1. The number of benzene rings is 2. The largest absolute Gasteiger partial charge is 0.493 e. The Morgan fingerprint density at radius 2 is 2.05 bits per heavy atom. The average Bonchev–Trinajstić information content (AvgIpc) is 2.97. The van der Waals surface area contributed by atoms with Crippen LogP contribution in [0.1, 0.15) is 12.0 Å². The molecule has 0 radical (unpaired) electrons.